The van der Waals surface area contributed by atoms with E-state index >= 15 is 0 Å². The standard InChI is InChI=1S/C22H21Cl2NO2/c23-18-5-10-22(21(24)15-18)25(19-6-1-16(2-7-19)11-13-26)20-8-3-17(4-9-20)12-14-27/h1-10,15,26-27H,11-14H2. The Labute approximate surface area is 169 Å². The van der Waals surface area contributed by atoms with Crippen molar-refractivity contribution in [3.63, 3.8) is 0 Å². The number of hydrogen-bond donors (Lipinski definition) is 2. The topological polar surface area (TPSA) is 43.7 Å². The van der Waals surface area contributed by atoms with Crippen LogP contribution in [0.3, 0.4) is 0 Å². The Bertz CT molecular complexity index is 830. The number of rotatable bonds is 7. The van der Waals surface area contributed by atoms with Gasteiger partial charge in [-0.3, -0.25) is 0 Å². The second kappa shape index (κ2) is 9.25. The zero-order valence-corrected chi connectivity index (χ0v) is 16.3. The summed E-state index contributed by atoms with van der Waals surface area (Å²) in [7, 11) is 0. The van der Waals surface area contributed by atoms with Crippen LogP contribution in [0.15, 0.2) is 66.7 Å². The van der Waals surface area contributed by atoms with Gasteiger partial charge in [-0.15, -0.1) is 0 Å². The highest BCUT2D eigenvalue weighted by Crippen LogP contribution is 2.39. The highest BCUT2D eigenvalue weighted by atomic mass is 35.5. The number of benzene rings is 3. The Balaban J connectivity index is 2.05. The van der Waals surface area contributed by atoms with Crippen LogP contribution in [0.4, 0.5) is 17.1 Å². The Kier molecular flexibility index (Phi) is 6.75. The molecular formula is C22H21Cl2NO2. The summed E-state index contributed by atoms with van der Waals surface area (Å²) in [5.74, 6) is 0. The van der Waals surface area contributed by atoms with Gasteiger partial charge in [0.25, 0.3) is 0 Å². The Hall–Kier alpha value is -2.04. The lowest BCUT2D eigenvalue weighted by Gasteiger charge is -2.27. The van der Waals surface area contributed by atoms with E-state index in [4.69, 9.17) is 33.4 Å². The molecule has 3 aromatic carbocycles. The molecule has 0 aliphatic carbocycles. The minimum Gasteiger partial charge on any atom is -0.396 e. The molecule has 0 radical (unpaired) electrons. The van der Waals surface area contributed by atoms with E-state index < -0.39 is 0 Å². The maximum Gasteiger partial charge on any atom is 0.0661 e. The summed E-state index contributed by atoms with van der Waals surface area (Å²) < 4.78 is 0. The lowest BCUT2D eigenvalue weighted by molar-refractivity contribution is 0.299. The van der Waals surface area contributed by atoms with E-state index in [2.05, 4.69) is 4.90 Å². The van der Waals surface area contributed by atoms with Crippen LogP contribution in [0.2, 0.25) is 10.0 Å². The van der Waals surface area contributed by atoms with Crippen molar-refractivity contribution in [2.45, 2.75) is 12.8 Å². The minimum atomic E-state index is 0.123. The van der Waals surface area contributed by atoms with Crippen LogP contribution in [0, 0.1) is 0 Å². The zero-order valence-electron chi connectivity index (χ0n) is 14.8. The summed E-state index contributed by atoms with van der Waals surface area (Å²) >= 11 is 12.6. The molecule has 2 N–H and O–H groups in total. The molecule has 3 nitrogen and oxygen atoms in total. The first-order valence-corrected chi connectivity index (χ1v) is 9.53. The lowest BCUT2D eigenvalue weighted by atomic mass is 10.1. The first-order valence-electron chi connectivity index (χ1n) is 8.77. The van der Waals surface area contributed by atoms with E-state index in [0.717, 1.165) is 28.2 Å². The predicted molar refractivity (Wildman–Crippen MR) is 113 cm³/mol. The van der Waals surface area contributed by atoms with Gasteiger partial charge in [0.15, 0.2) is 0 Å². The molecule has 27 heavy (non-hydrogen) atoms. The second-order valence-electron chi connectivity index (χ2n) is 6.21. The number of nitrogens with zero attached hydrogens (tertiary/aromatic N) is 1. The molecule has 0 fully saturated rings. The molecule has 0 saturated heterocycles. The average Bonchev–Trinajstić information content (AvgIpc) is 2.67. The van der Waals surface area contributed by atoms with Gasteiger partial charge in [-0.1, -0.05) is 47.5 Å². The fourth-order valence-electron chi connectivity index (χ4n) is 2.97. The molecular weight excluding hydrogens is 381 g/mol. The van der Waals surface area contributed by atoms with Crippen LogP contribution in [0.5, 0.6) is 0 Å². The maximum absolute atomic E-state index is 9.13. The van der Waals surface area contributed by atoms with Crippen LogP contribution < -0.4 is 4.90 Å². The second-order valence-corrected chi connectivity index (χ2v) is 7.05. The molecule has 0 spiro atoms. The lowest BCUT2D eigenvalue weighted by Crippen LogP contribution is -2.11. The average molecular weight is 402 g/mol. The number of aliphatic hydroxyl groups excluding tert-OH is 2. The van der Waals surface area contributed by atoms with Gasteiger partial charge in [-0.25, -0.2) is 0 Å². The van der Waals surface area contributed by atoms with Crippen LogP contribution in [0.25, 0.3) is 0 Å². The molecule has 0 aliphatic rings. The van der Waals surface area contributed by atoms with Crippen molar-refractivity contribution >= 4 is 40.3 Å². The van der Waals surface area contributed by atoms with Gasteiger partial charge in [0.1, 0.15) is 0 Å². The number of aliphatic hydroxyl groups is 2. The third kappa shape index (κ3) is 4.82. The normalized spacial score (nSPS) is 10.8. The van der Waals surface area contributed by atoms with Gasteiger partial charge in [-0.05, 0) is 66.4 Å². The highest BCUT2D eigenvalue weighted by Gasteiger charge is 2.16. The van der Waals surface area contributed by atoms with Gasteiger partial charge >= 0.3 is 0 Å². The molecule has 0 aliphatic heterocycles. The fourth-order valence-corrected chi connectivity index (χ4v) is 3.46. The van der Waals surface area contributed by atoms with Crippen molar-refractivity contribution in [3.8, 4) is 0 Å². The van der Waals surface area contributed by atoms with Crippen LogP contribution in [0.1, 0.15) is 11.1 Å². The molecule has 0 bridgehead atoms. The molecule has 0 heterocycles. The van der Waals surface area contributed by atoms with Gasteiger partial charge in [0.2, 0.25) is 0 Å². The molecule has 0 amide bonds. The van der Waals surface area contributed by atoms with Crippen molar-refractivity contribution in [3.05, 3.63) is 87.9 Å². The minimum absolute atomic E-state index is 0.123. The van der Waals surface area contributed by atoms with Gasteiger partial charge in [-0.2, -0.15) is 0 Å². The summed E-state index contributed by atoms with van der Waals surface area (Å²) in [4.78, 5) is 2.06. The van der Waals surface area contributed by atoms with Crippen LogP contribution in [-0.4, -0.2) is 23.4 Å². The Morgan fingerprint density at radius 2 is 1.15 bits per heavy atom. The van der Waals surface area contributed by atoms with Crippen molar-refractivity contribution in [1.82, 2.24) is 0 Å². The molecule has 140 valence electrons. The van der Waals surface area contributed by atoms with Gasteiger partial charge < -0.3 is 15.1 Å². The number of anilines is 3. The van der Waals surface area contributed by atoms with Crippen molar-refractivity contribution in [2.75, 3.05) is 18.1 Å². The third-order valence-corrected chi connectivity index (χ3v) is 4.88. The summed E-state index contributed by atoms with van der Waals surface area (Å²) in [6, 6.07) is 21.5. The summed E-state index contributed by atoms with van der Waals surface area (Å²) in [6.07, 6.45) is 1.25. The summed E-state index contributed by atoms with van der Waals surface area (Å²) in [5.41, 5.74) is 4.88. The largest absolute Gasteiger partial charge is 0.396 e. The van der Waals surface area contributed by atoms with Gasteiger partial charge in [0, 0.05) is 29.6 Å². The predicted octanol–water partition coefficient (Wildman–Crippen LogP) is 5.53. The molecule has 3 aromatic rings. The first kappa shape index (κ1) is 19.7. The Morgan fingerprint density at radius 1 is 0.667 bits per heavy atom. The van der Waals surface area contributed by atoms with E-state index in [1.807, 2.05) is 60.7 Å². The number of hydrogen-bond acceptors (Lipinski definition) is 3. The van der Waals surface area contributed by atoms with E-state index in [-0.39, 0.29) is 13.2 Å². The van der Waals surface area contributed by atoms with E-state index in [9.17, 15) is 0 Å². The van der Waals surface area contributed by atoms with Crippen molar-refractivity contribution in [1.29, 1.82) is 0 Å². The smallest absolute Gasteiger partial charge is 0.0661 e. The SMILES string of the molecule is OCCc1ccc(N(c2ccc(CCO)cc2)c2ccc(Cl)cc2Cl)cc1. The van der Waals surface area contributed by atoms with E-state index in [1.54, 1.807) is 6.07 Å². The fraction of sp³-hybridized carbons (Fsp3) is 0.182. The molecule has 0 unspecified atom stereocenters. The molecule has 0 atom stereocenters. The first-order chi connectivity index (χ1) is 13.1. The summed E-state index contributed by atoms with van der Waals surface area (Å²) in [6.45, 7) is 0.247. The molecule has 5 heteroatoms. The third-order valence-electron chi connectivity index (χ3n) is 4.34. The van der Waals surface area contributed by atoms with Crippen LogP contribution in [-0.2, 0) is 12.8 Å². The summed E-state index contributed by atoms with van der Waals surface area (Å²) in [5, 5.41) is 19.4. The van der Waals surface area contributed by atoms with E-state index in [0.29, 0.717) is 22.9 Å². The van der Waals surface area contributed by atoms with E-state index in [1.165, 1.54) is 0 Å². The van der Waals surface area contributed by atoms with Crippen molar-refractivity contribution < 1.29 is 10.2 Å². The molecule has 0 saturated carbocycles. The quantitative estimate of drug-likeness (QED) is 0.546. The Morgan fingerprint density at radius 3 is 1.56 bits per heavy atom. The van der Waals surface area contributed by atoms with Crippen molar-refractivity contribution in [2.24, 2.45) is 0 Å². The highest BCUT2D eigenvalue weighted by molar-refractivity contribution is 6.36. The zero-order chi connectivity index (χ0) is 19.2. The number of halogens is 2. The maximum atomic E-state index is 9.13. The van der Waals surface area contributed by atoms with Crippen LogP contribution >= 0.6 is 23.2 Å². The molecule has 0 aromatic heterocycles. The molecule has 3 rings (SSSR count). The van der Waals surface area contributed by atoms with Gasteiger partial charge in [0.05, 0.1) is 10.7 Å². The monoisotopic (exact) mass is 401 g/mol.